The van der Waals surface area contributed by atoms with Gasteiger partial charge in [-0.3, -0.25) is 0 Å². The molecule has 0 amide bonds. The van der Waals surface area contributed by atoms with E-state index in [4.69, 9.17) is 0 Å². The summed E-state index contributed by atoms with van der Waals surface area (Å²) >= 11 is 0. The van der Waals surface area contributed by atoms with Crippen LogP contribution in [-0.4, -0.2) is 10.2 Å². The molecule has 0 atom stereocenters. The fourth-order valence-corrected chi connectivity index (χ4v) is 4.22. The lowest BCUT2D eigenvalue weighted by atomic mass is 9.69. The standard InChI is InChI=1S/C23H22O2/c1-15-13-18(7-9-21(15)24)23(19-8-10-22(25)16(2)14-19)12-11-17-5-3-4-6-20(17)23/h3-10,13-14,24-25H,11-12H2,1-2H3. The van der Waals surface area contributed by atoms with E-state index < -0.39 is 0 Å². The van der Waals surface area contributed by atoms with E-state index in [1.54, 1.807) is 12.1 Å². The minimum Gasteiger partial charge on any atom is -0.508 e. The molecule has 2 nitrogen and oxygen atoms in total. The van der Waals surface area contributed by atoms with Crippen molar-refractivity contribution in [3.05, 3.63) is 94.0 Å². The molecular formula is C23H22O2. The lowest BCUT2D eigenvalue weighted by Crippen LogP contribution is -2.26. The van der Waals surface area contributed by atoms with E-state index in [-0.39, 0.29) is 5.41 Å². The van der Waals surface area contributed by atoms with E-state index in [1.807, 2.05) is 26.0 Å². The molecule has 3 aromatic carbocycles. The molecule has 2 heteroatoms. The number of aryl methyl sites for hydroxylation is 3. The SMILES string of the molecule is Cc1cc(C2(c3ccc(O)c(C)c3)CCc3ccccc32)ccc1O. The fourth-order valence-electron chi connectivity index (χ4n) is 4.22. The lowest BCUT2D eigenvalue weighted by Gasteiger charge is -2.33. The summed E-state index contributed by atoms with van der Waals surface area (Å²) in [5.41, 5.74) is 6.61. The van der Waals surface area contributed by atoms with Gasteiger partial charge in [0, 0.05) is 5.41 Å². The highest BCUT2D eigenvalue weighted by atomic mass is 16.3. The molecule has 0 fully saturated rings. The van der Waals surface area contributed by atoms with Gasteiger partial charge in [-0.2, -0.15) is 0 Å². The maximum absolute atomic E-state index is 9.98. The first-order valence-electron chi connectivity index (χ1n) is 8.71. The second-order valence-electron chi connectivity index (χ2n) is 7.07. The van der Waals surface area contributed by atoms with Gasteiger partial charge in [0.15, 0.2) is 0 Å². The molecule has 126 valence electrons. The highest BCUT2D eigenvalue weighted by molar-refractivity contribution is 5.58. The summed E-state index contributed by atoms with van der Waals surface area (Å²) in [5.74, 6) is 0.652. The topological polar surface area (TPSA) is 40.5 Å². The van der Waals surface area contributed by atoms with Crippen LogP contribution in [0.2, 0.25) is 0 Å². The van der Waals surface area contributed by atoms with Crippen LogP contribution in [-0.2, 0) is 11.8 Å². The average Bonchev–Trinajstić information content (AvgIpc) is 3.00. The Morgan fingerprint density at radius 2 is 1.32 bits per heavy atom. The van der Waals surface area contributed by atoms with Gasteiger partial charge in [-0.1, -0.05) is 48.5 Å². The number of rotatable bonds is 2. The molecule has 0 bridgehead atoms. The molecule has 0 saturated carbocycles. The van der Waals surface area contributed by atoms with Crippen LogP contribution in [0.1, 0.15) is 39.8 Å². The van der Waals surface area contributed by atoms with Gasteiger partial charge >= 0.3 is 0 Å². The maximum Gasteiger partial charge on any atom is 0.118 e. The molecule has 0 spiro atoms. The highest BCUT2D eigenvalue weighted by Crippen LogP contribution is 2.50. The van der Waals surface area contributed by atoms with Gasteiger partial charge in [-0.25, -0.2) is 0 Å². The van der Waals surface area contributed by atoms with Crippen molar-refractivity contribution in [2.75, 3.05) is 0 Å². The first-order valence-corrected chi connectivity index (χ1v) is 8.71. The predicted molar refractivity (Wildman–Crippen MR) is 100 cm³/mol. The van der Waals surface area contributed by atoms with E-state index in [0.717, 1.165) is 24.0 Å². The van der Waals surface area contributed by atoms with Crippen LogP contribution < -0.4 is 0 Å². The van der Waals surface area contributed by atoms with Crippen molar-refractivity contribution < 1.29 is 10.2 Å². The van der Waals surface area contributed by atoms with E-state index in [1.165, 1.54) is 22.3 Å². The lowest BCUT2D eigenvalue weighted by molar-refractivity contribution is 0.469. The Kier molecular flexibility index (Phi) is 3.57. The first kappa shape index (κ1) is 15.8. The van der Waals surface area contributed by atoms with Crippen LogP contribution in [0, 0.1) is 13.8 Å². The van der Waals surface area contributed by atoms with Crippen LogP contribution in [0.25, 0.3) is 0 Å². The second kappa shape index (κ2) is 5.66. The monoisotopic (exact) mass is 330 g/mol. The second-order valence-corrected chi connectivity index (χ2v) is 7.07. The summed E-state index contributed by atoms with van der Waals surface area (Å²) in [4.78, 5) is 0. The Hall–Kier alpha value is -2.74. The quantitative estimate of drug-likeness (QED) is 0.694. The van der Waals surface area contributed by atoms with Gasteiger partial charge in [0.1, 0.15) is 11.5 Å². The summed E-state index contributed by atoms with van der Waals surface area (Å²) in [6.45, 7) is 3.88. The van der Waals surface area contributed by atoms with Gasteiger partial charge in [-0.15, -0.1) is 0 Å². The predicted octanol–water partition coefficient (Wildman–Crippen LogP) is 5.00. The molecule has 1 aliphatic carbocycles. The smallest absolute Gasteiger partial charge is 0.118 e. The van der Waals surface area contributed by atoms with E-state index in [0.29, 0.717) is 11.5 Å². The Bertz CT molecular complexity index is 905. The van der Waals surface area contributed by atoms with Crippen LogP contribution in [0.15, 0.2) is 60.7 Å². The fraction of sp³-hybridized carbons (Fsp3) is 0.217. The minimum atomic E-state index is -0.243. The van der Waals surface area contributed by atoms with Crippen molar-refractivity contribution in [3.63, 3.8) is 0 Å². The number of aromatic hydroxyl groups is 2. The average molecular weight is 330 g/mol. The summed E-state index contributed by atoms with van der Waals surface area (Å²) in [6, 6.07) is 20.5. The third kappa shape index (κ3) is 2.32. The van der Waals surface area contributed by atoms with Crippen molar-refractivity contribution in [1.29, 1.82) is 0 Å². The summed E-state index contributed by atoms with van der Waals surface area (Å²) in [6.07, 6.45) is 2.01. The van der Waals surface area contributed by atoms with Crippen molar-refractivity contribution in [2.24, 2.45) is 0 Å². The molecule has 0 heterocycles. The minimum absolute atomic E-state index is 0.243. The summed E-state index contributed by atoms with van der Waals surface area (Å²) < 4.78 is 0. The zero-order valence-electron chi connectivity index (χ0n) is 14.6. The van der Waals surface area contributed by atoms with Crippen molar-refractivity contribution in [3.8, 4) is 11.5 Å². The third-order valence-corrected chi connectivity index (χ3v) is 5.63. The molecule has 0 unspecified atom stereocenters. The molecule has 0 aromatic heterocycles. The maximum atomic E-state index is 9.98. The molecule has 4 rings (SSSR count). The zero-order valence-corrected chi connectivity index (χ0v) is 14.6. The van der Waals surface area contributed by atoms with Crippen LogP contribution in [0.5, 0.6) is 11.5 Å². The van der Waals surface area contributed by atoms with Gasteiger partial charge < -0.3 is 10.2 Å². The van der Waals surface area contributed by atoms with Gasteiger partial charge in [0.2, 0.25) is 0 Å². The van der Waals surface area contributed by atoms with Crippen molar-refractivity contribution in [2.45, 2.75) is 32.1 Å². The van der Waals surface area contributed by atoms with Gasteiger partial charge in [0.05, 0.1) is 0 Å². The summed E-state index contributed by atoms with van der Waals surface area (Å²) in [7, 11) is 0. The molecule has 3 aromatic rings. The van der Waals surface area contributed by atoms with Gasteiger partial charge in [-0.05, 0) is 72.2 Å². The molecule has 0 radical (unpaired) electrons. The number of phenols is 2. The highest BCUT2D eigenvalue weighted by Gasteiger charge is 2.42. The number of hydrogen-bond acceptors (Lipinski definition) is 2. The Labute approximate surface area is 148 Å². The molecule has 2 N–H and O–H groups in total. The van der Waals surface area contributed by atoms with E-state index >= 15 is 0 Å². The Morgan fingerprint density at radius 3 is 1.88 bits per heavy atom. The third-order valence-electron chi connectivity index (χ3n) is 5.63. The molecule has 0 saturated heterocycles. The van der Waals surface area contributed by atoms with Crippen LogP contribution in [0.4, 0.5) is 0 Å². The number of benzene rings is 3. The van der Waals surface area contributed by atoms with Crippen LogP contribution >= 0.6 is 0 Å². The van der Waals surface area contributed by atoms with Crippen molar-refractivity contribution >= 4 is 0 Å². The molecule has 1 aliphatic rings. The van der Waals surface area contributed by atoms with Gasteiger partial charge in [0.25, 0.3) is 0 Å². The molecule has 25 heavy (non-hydrogen) atoms. The Morgan fingerprint density at radius 1 is 0.760 bits per heavy atom. The number of phenolic OH excluding ortho intramolecular Hbond substituents is 2. The van der Waals surface area contributed by atoms with E-state index in [9.17, 15) is 10.2 Å². The molecular weight excluding hydrogens is 308 g/mol. The zero-order chi connectivity index (χ0) is 17.6. The number of hydrogen-bond donors (Lipinski definition) is 2. The number of fused-ring (bicyclic) bond motifs is 1. The first-order chi connectivity index (χ1) is 12.0. The van der Waals surface area contributed by atoms with Crippen LogP contribution in [0.3, 0.4) is 0 Å². The molecule has 0 aliphatic heterocycles. The Balaban J connectivity index is 2.02. The van der Waals surface area contributed by atoms with E-state index in [2.05, 4.69) is 36.4 Å². The van der Waals surface area contributed by atoms with Crippen molar-refractivity contribution in [1.82, 2.24) is 0 Å². The summed E-state index contributed by atoms with van der Waals surface area (Å²) in [5, 5.41) is 20.0. The largest absolute Gasteiger partial charge is 0.508 e. The normalized spacial score (nSPS) is 15.1.